The van der Waals surface area contributed by atoms with E-state index in [2.05, 4.69) is 67.2 Å². The Balaban J connectivity index is 3.73. The summed E-state index contributed by atoms with van der Waals surface area (Å²) < 4.78 is 15.4. The lowest BCUT2D eigenvalue weighted by atomic mass is 9.64. The number of aliphatic hydroxyl groups is 1. The van der Waals surface area contributed by atoms with Gasteiger partial charge in [0.05, 0.1) is 10.5 Å². The molecule has 202 valence electrons. The molecule has 0 heterocycles. The summed E-state index contributed by atoms with van der Waals surface area (Å²) in [5.41, 5.74) is 9.03. The molecule has 1 aromatic carbocycles. The third-order valence-corrected chi connectivity index (χ3v) is 7.65. The molecule has 0 saturated carbocycles. The maximum Gasteiger partial charge on any atom is 0.133 e. The summed E-state index contributed by atoms with van der Waals surface area (Å²) in [6, 6.07) is 3.33. The minimum Gasteiger partial charge on any atom is -0.398 e. The van der Waals surface area contributed by atoms with Crippen molar-refractivity contribution in [3.8, 4) is 12.3 Å². The molecule has 0 bridgehead atoms. The van der Waals surface area contributed by atoms with Gasteiger partial charge >= 0.3 is 0 Å². The van der Waals surface area contributed by atoms with E-state index in [4.69, 9.17) is 12.2 Å². The number of allylic oxidation sites excluding steroid dienone is 6. The van der Waals surface area contributed by atoms with Crippen LogP contribution in [0.15, 0.2) is 59.3 Å². The summed E-state index contributed by atoms with van der Waals surface area (Å²) in [4.78, 5) is 4.24. The minimum absolute atomic E-state index is 0.115. The van der Waals surface area contributed by atoms with Crippen molar-refractivity contribution in [1.29, 1.82) is 0 Å². The van der Waals surface area contributed by atoms with Gasteiger partial charge in [-0.2, -0.15) is 0 Å². The number of hydrogen-bond donors (Lipinski definition) is 2. The van der Waals surface area contributed by atoms with E-state index in [0.29, 0.717) is 34.9 Å². The van der Waals surface area contributed by atoms with Gasteiger partial charge in [-0.3, -0.25) is 4.99 Å². The zero-order valence-corrected chi connectivity index (χ0v) is 25.1. The molecule has 3 atom stereocenters. The number of nitrogens with two attached hydrogens (primary N) is 1. The fourth-order valence-corrected chi connectivity index (χ4v) is 4.69. The van der Waals surface area contributed by atoms with Crippen LogP contribution in [0.4, 0.5) is 10.1 Å². The highest BCUT2D eigenvalue weighted by Gasteiger charge is 2.37. The lowest BCUT2D eigenvalue weighted by Gasteiger charge is -2.40. The third kappa shape index (κ3) is 8.83. The number of nitrogens with zero attached hydrogens (tertiary/aromatic N) is 1. The summed E-state index contributed by atoms with van der Waals surface area (Å²) in [5, 5.41) is 10.2. The SMILES string of the molecule is C#CC(Br)/C=C\C=C(\C)CC(CC)(c1cc(/C(C=NC(=C)C(C)(C)O)=C/CC)c(F)cc1N)C(C)CC. The van der Waals surface area contributed by atoms with Crippen LogP contribution in [0.5, 0.6) is 0 Å². The Kier molecular flexibility index (Phi) is 12.8. The lowest BCUT2D eigenvalue weighted by molar-refractivity contribution is 0.119. The molecule has 0 saturated heterocycles. The van der Waals surface area contributed by atoms with Gasteiger partial charge < -0.3 is 10.8 Å². The van der Waals surface area contributed by atoms with E-state index in [9.17, 15) is 5.11 Å². The Labute approximate surface area is 232 Å². The van der Waals surface area contributed by atoms with Crippen LogP contribution in [-0.2, 0) is 5.41 Å². The molecule has 0 fully saturated rings. The first-order valence-corrected chi connectivity index (χ1v) is 13.9. The van der Waals surface area contributed by atoms with Crippen molar-refractivity contribution in [2.45, 2.75) is 90.0 Å². The monoisotopic (exact) mass is 570 g/mol. The molecule has 3 unspecified atom stereocenters. The van der Waals surface area contributed by atoms with Crippen LogP contribution in [0, 0.1) is 24.1 Å². The van der Waals surface area contributed by atoms with Gasteiger partial charge in [-0.1, -0.05) is 92.4 Å². The molecule has 37 heavy (non-hydrogen) atoms. The van der Waals surface area contributed by atoms with E-state index in [1.807, 2.05) is 31.2 Å². The number of benzene rings is 1. The van der Waals surface area contributed by atoms with Crippen LogP contribution >= 0.6 is 15.9 Å². The summed E-state index contributed by atoms with van der Waals surface area (Å²) in [6.07, 6.45) is 18.2. The summed E-state index contributed by atoms with van der Waals surface area (Å²) in [5.74, 6) is 2.52. The second-order valence-electron chi connectivity index (χ2n) is 10.2. The van der Waals surface area contributed by atoms with Crippen molar-refractivity contribution in [2.24, 2.45) is 10.9 Å². The van der Waals surface area contributed by atoms with Crippen LogP contribution in [0.3, 0.4) is 0 Å². The predicted molar refractivity (Wildman–Crippen MR) is 163 cm³/mol. The number of aliphatic imine (C=N–C) groups is 1. The Bertz CT molecular complexity index is 1100. The average molecular weight is 572 g/mol. The molecule has 0 aromatic heterocycles. The first-order chi connectivity index (χ1) is 17.3. The fraction of sp³-hybridized carbons (Fsp3) is 0.469. The molecule has 5 heteroatoms. The van der Waals surface area contributed by atoms with Crippen LogP contribution in [0.25, 0.3) is 5.57 Å². The number of halogens is 2. The highest BCUT2D eigenvalue weighted by molar-refractivity contribution is 9.09. The second kappa shape index (κ2) is 14.5. The predicted octanol–water partition coefficient (Wildman–Crippen LogP) is 8.54. The van der Waals surface area contributed by atoms with Crippen LogP contribution in [-0.4, -0.2) is 21.7 Å². The molecule has 3 nitrogen and oxygen atoms in total. The highest BCUT2D eigenvalue weighted by Crippen LogP contribution is 2.46. The number of hydrogen-bond acceptors (Lipinski definition) is 3. The maximum atomic E-state index is 15.4. The second-order valence-corrected chi connectivity index (χ2v) is 11.2. The quantitative estimate of drug-likeness (QED) is 0.0820. The average Bonchev–Trinajstić information content (AvgIpc) is 2.84. The summed E-state index contributed by atoms with van der Waals surface area (Å²) >= 11 is 3.42. The van der Waals surface area contributed by atoms with Crippen molar-refractivity contribution in [2.75, 3.05) is 5.73 Å². The van der Waals surface area contributed by atoms with Gasteiger partial charge in [0.2, 0.25) is 0 Å². The Morgan fingerprint density at radius 1 is 1.32 bits per heavy atom. The molecule has 0 aliphatic rings. The zero-order chi connectivity index (χ0) is 28.4. The fourth-order valence-electron chi connectivity index (χ4n) is 4.52. The van der Waals surface area contributed by atoms with Gasteiger partial charge in [-0.05, 0) is 69.2 Å². The number of nitrogen functional groups attached to an aromatic ring is 1. The Morgan fingerprint density at radius 3 is 2.49 bits per heavy atom. The smallest absolute Gasteiger partial charge is 0.133 e. The summed E-state index contributed by atoms with van der Waals surface area (Å²) in [7, 11) is 0. The number of alkyl halides is 1. The molecule has 0 aliphatic heterocycles. The molecular weight excluding hydrogens is 527 g/mol. The van der Waals surface area contributed by atoms with Crippen molar-refractivity contribution < 1.29 is 9.50 Å². The van der Waals surface area contributed by atoms with Gasteiger partial charge in [-0.15, -0.1) is 6.42 Å². The third-order valence-electron chi connectivity index (χ3n) is 7.08. The molecule has 0 spiro atoms. The van der Waals surface area contributed by atoms with Gasteiger partial charge in [-0.25, -0.2) is 4.39 Å². The minimum atomic E-state index is -1.17. The van der Waals surface area contributed by atoms with Crippen molar-refractivity contribution >= 4 is 33.4 Å². The number of anilines is 1. The standard InChI is InChI=1S/C32H44BrFN2O/c1-10-15-25(21-36-24(7)31(8,9)37)27-18-28(30(35)19-29(27)34)32(13-4,23(6)11-2)20-22(5)16-14-17-26(33)12-3/h3,14-19,21,23,26,37H,7,10-11,13,20,35H2,1-2,4-6,8-9H3/b17-14-,22-16-,25-15+,36-21?. The first kappa shape index (κ1) is 32.6. The van der Waals surface area contributed by atoms with E-state index in [1.54, 1.807) is 20.1 Å². The molecule has 1 rings (SSSR count). The van der Waals surface area contributed by atoms with Gasteiger partial charge in [0, 0.05) is 22.9 Å². The molecule has 0 radical (unpaired) electrons. The number of terminal acetylenes is 1. The highest BCUT2D eigenvalue weighted by atomic mass is 79.9. The lowest BCUT2D eigenvalue weighted by Crippen LogP contribution is -2.34. The number of rotatable bonds is 13. The molecule has 0 amide bonds. The van der Waals surface area contributed by atoms with Crippen LogP contribution in [0.2, 0.25) is 0 Å². The van der Waals surface area contributed by atoms with E-state index >= 15 is 4.39 Å². The molecule has 3 N–H and O–H groups in total. The first-order valence-electron chi connectivity index (χ1n) is 13.0. The molecule has 0 aliphatic carbocycles. The van der Waals surface area contributed by atoms with Crippen LogP contribution < -0.4 is 5.73 Å². The van der Waals surface area contributed by atoms with E-state index in [-0.39, 0.29) is 10.2 Å². The van der Waals surface area contributed by atoms with E-state index in [0.717, 1.165) is 24.8 Å². The van der Waals surface area contributed by atoms with Crippen molar-refractivity contribution in [3.63, 3.8) is 0 Å². The molecule has 1 aromatic rings. The van der Waals surface area contributed by atoms with Gasteiger partial charge in [0.25, 0.3) is 0 Å². The molecular formula is C32H44BrFN2O. The normalized spacial score (nSPS) is 16.6. The van der Waals surface area contributed by atoms with E-state index in [1.165, 1.54) is 11.6 Å². The van der Waals surface area contributed by atoms with Gasteiger partial charge in [0.1, 0.15) is 11.4 Å². The van der Waals surface area contributed by atoms with Crippen LogP contribution in [0.1, 0.15) is 85.3 Å². The largest absolute Gasteiger partial charge is 0.398 e. The Hall–Kier alpha value is -2.42. The summed E-state index contributed by atoms with van der Waals surface area (Å²) in [6.45, 7) is 17.8. The van der Waals surface area contributed by atoms with Crippen molar-refractivity contribution in [1.82, 2.24) is 0 Å². The van der Waals surface area contributed by atoms with Gasteiger partial charge in [0.15, 0.2) is 0 Å². The Morgan fingerprint density at radius 2 is 1.97 bits per heavy atom. The van der Waals surface area contributed by atoms with Crippen molar-refractivity contribution in [3.05, 3.63) is 71.2 Å². The van der Waals surface area contributed by atoms with E-state index < -0.39 is 11.4 Å². The zero-order valence-electron chi connectivity index (χ0n) is 23.5. The maximum absolute atomic E-state index is 15.4. The topological polar surface area (TPSA) is 58.6 Å².